The average molecular weight is 1810 g/mol. The van der Waals surface area contributed by atoms with Gasteiger partial charge in [0.2, 0.25) is 0 Å². The summed E-state index contributed by atoms with van der Waals surface area (Å²) in [5.41, 5.74) is 48.9. The summed E-state index contributed by atoms with van der Waals surface area (Å²) in [5.74, 6) is 0. The van der Waals surface area contributed by atoms with Crippen molar-refractivity contribution in [2.75, 3.05) is 0 Å². The minimum atomic E-state index is 1.26. The van der Waals surface area contributed by atoms with Crippen LogP contribution in [0.1, 0.15) is 77.9 Å². The van der Waals surface area contributed by atoms with E-state index in [1.165, 1.54) is 244 Å². The predicted octanol–water partition coefficient (Wildman–Crippen LogP) is 39.6. The van der Waals surface area contributed by atoms with Crippen LogP contribution in [-0.2, 0) is 0 Å². The summed E-state index contributed by atoms with van der Waals surface area (Å²) >= 11 is 0. The number of fused-ring (bicyclic) bond motifs is 6. The maximum atomic E-state index is 2.30. The lowest BCUT2D eigenvalue weighted by Crippen LogP contribution is -1.86. The lowest BCUT2D eigenvalue weighted by atomic mass is 9.93. The van der Waals surface area contributed by atoms with Gasteiger partial charge in [0.1, 0.15) is 0 Å². The van der Waals surface area contributed by atoms with Crippen LogP contribution in [0.3, 0.4) is 0 Å². The van der Waals surface area contributed by atoms with Crippen molar-refractivity contribution in [3.8, 4) is 134 Å². The fraction of sp³-hybridized carbons (Fsp3) is 0.100. The molecule has 0 aliphatic carbocycles. The number of benzene rings is 22. The highest BCUT2D eigenvalue weighted by atomic mass is 14.2. The molecule has 0 amide bonds. The van der Waals surface area contributed by atoms with Crippen molar-refractivity contribution >= 4 is 32.3 Å². The highest BCUT2D eigenvalue weighted by Gasteiger charge is 2.14. The first-order valence-corrected chi connectivity index (χ1v) is 48.9. The van der Waals surface area contributed by atoms with E-state index in [1.807, 2.05) is 0 Å². The van der Waals surface area contributed by atoms with Crippen LogP contribution < -0.4 is 0 Å². The zero-order valence-corrected chi connectivity index (χ0v) is 83.3. The molecule has 0 spiro atoms. The minimum absolute atomic E-state index is 1.26. The van der Waals surface area contributed by atoms with Gasteiger partial charge in [-0.25, -0.2) is 0 Å². The van der Waals surface area contributed by atoms with Gasteiger partial charge in [-0.3, -0.25) is 0 Å². The maximum absolute atomic E-state index is 2.30. The minimum Gasteiger partial charge on any atom is -0.0620 e. The Labute approximate surface area is 832 Å². The fourth-order valence-corrected chi connectivity index (χ4v) is 18.2. The quantitative estimate of drug-likeness (QED) is 0.107. The highest BCUT2D eigenvalue weighted by molar-refractivity contribution is 6.25. The Morgan fingerprint density at radius 2 is 0.250 bits per heavy atom. The van der Waals surface area contributed by atoms with Gasteiger partial charge < -0.3 is 0 Å². The summed E-state index contributed by atoms with van der Waals surface area (Å²) in [7, 11) is 0. The van der Waals surface area contributed by atoms with E-state index in [-0.39, 0.29) is 0 Å². The molecule has 0 heteroatoms. The Bertz CT molecular complexity index is 7440. The molecule has 684 valence electrons. The monoisotopic (exact) mass is 1800 g/mol. The van der Waals surface area contributed by atoms with Crippen LogP contribution in [0, 0.1) is 96.9 Å². The van der Waals surface area contributed by atoms with Crippen LogP contribution in [0.5, 0.6) is 0 Å². The third-order valence-corrected chi connectivity index (χ3v) is 26.2. The van der Waals surface area contributed by atoms with E-state index >= 15 is 0 Å². The van der Waals surface area contributed by atoms with Crippen molar-refractivity contribution in [2.24, 2.45) is 0 Å². The zero-order chi connectivity index (χ0) is 97.4. The molecule has 0 saturated carbocycles. The van der Waals surface area contributed by atoms with Gasteiger partial charge >= 0.3 is 0 Å². The molecule has 0 unspecified atom stereocenters. The molecule has 140 heavy (non-hydrogen) atoms. The zero-order valence-electron chi connectivity index (χ0n) is 83.3. The van der Waals surface area contributed by atoms with Crippen molar-refractivity contribution in [2.45, 2.75) is 96.9 Å². The number of hydrogen-bond acceptors (Lipinski definition) is 0. The van der Waals surface area contributed by atoms with Crippen LogP contribution in [-0.4, -0.2) is 0 Å². The van der Waals surface area contributed by atoms with E-state index in [0.29, 0.717) is 0 Å². The lowest BCUT2D eigenvalue weighted by Gasteiger charge is -2.11. The first-order chi connectivity index (χ1) is 68.1. The Balaban J connectivity index is 0.000000118. The third kappa shape index (κ3) is 25.3. The number of rotatable bonds is 12. The first-order valence-electron chi connectivity index (χ1n) is 48.9. The van der Waals surface area contributed by atoms with E-state index in [0.717, 1.165) is 0 Å². The van der Waals surface area contributed by atoms with Gasteiger partial charge in [0, 0.05) is 0 Å². The summed E-state index contributed by atoms with van der Waals surface area (Å²) in [6, 6.07) is 178. The summed E-state index contributed by atoms with van der Waals surface area (Å²) < 4.78 is 0. The summed E-state index contributed by atoms with van der Waals surface area (Å²) in [5, 5.41) is 8.12. The summed E-state index contributed by atoms with van der Waals surface area (Å²) in [6.45, 7) is 30.0. The normalized spacial score (nSPS) is 10.6. The molecule has 0 aliphatic rings. The topological polar surface area (TPSA) is 0 Å². The molecule has 0 aromatic heterocycles. The SMILES string of the molecule is Cc1ccc(-c2ccc(-c3ccc(C)cc3)cc2)cc1.Cc1ccc(-c2cccc(-c3ccc(C)cc3)c2)cc1.Cc1ccc2c3ccc(C)cc3c3ccccc3c2c1.Cc1cccc(-c2ccc(-c3cccc(C)c3)cc2)c1.Cc1cccc(-c2cccc(-c3cccc(C)c3)c2)c1.Cc1ccccc1-c1ccc(-c2ccccc2C)cc1.Cc1ccccc1-c1cccc(-c2ccccc2C)c1. The van der Waals surface area contributed by atoms with Gasteiger partial charge in [0.05, 0.1) is 0 Å². The van der Waals surface area contributed by atoms with Crippen LogP contribution >= 0.6 is 0 Å². The lowest BCUT2D eigenvalue weighted by molar-refractivity contribution is 1.44. The Kier molecular flexibility index (Phi) is 32.1. The highest BCUT2D eigenvalue weighted by Crippen LogP contribution is 2.39. The number of aryl methyl sites for hydroxylation is 14. The molecule has 22 aromatic rings. The fourth-order valence-electron chi connectivity index (χ4n) is 18.2. The van der Waals surface area contributed by atoms with Gasteiger partial charge in [-0.1, -0.05) is 535 Å². The van der Waals surface area contributed by atoms with Crippen LogP contribution in [0.4, 0.5) is 0 Å². The van der Waals surface area contributed by atoms with E-state index < -0.39 is 0 Å². The third-order valence-electron chi connectivity index (χ3n) is 26.2. The van der Waals surface area contributed by atoms with Crippen molar-refractivity contribution in [3.05, 3.63) is 575 Å². The summed E-state index contributed by atoms with van der Waals surface area (Å²) in [4.78, 5) is 0. The van der Waals surface area contributed by atoms with Gasteiger partial charge in [0.15, 0.2) is 0 Å². The average Bonchev–Trinajstić information content (AvgIpc) is 0.741. The second-order valence-corrected chi connectivity index (χ2v) is 37.3. The van der Waals surface area contributed by atoms with Crippen LogP contribution in [0.15, 0.2) is 497 Å². The molecule has 0 N–H and O–H groups in total. The largest absolute Gasteiger partial charge is 0.0620 e. The van der Waals surface area contributed by atoms with Gasteiger partial charge in [0.25, 0.3) is 0 Å². The van der Waals surface area contributed by atoms with Crippen LogP contribution in [0.25, 0.3) is 166 Å². The molecular formula is C140H124. The Morgan fingerprint density at radius 1 is 0.0857 bits per heavy atom. The molecule has 0 nitrogen and oxygen atoms in total. The van der Waals surface area contributed by atoms with Crippen molar-refractivity contribution < 1.29 is 0 Å². The molecule has 0 radical (unpaired) electrons. The molecule has 0 atom stereocenters. The standard InChI is InChI=1S/C20H16.6C20H18/c1-13-7-9-17-18-10-8-14(2)12-20(18)16-6-4-3-5-15(16)19(17)11-13;1-15-3-7-17(8-4-15)19-11-13-20(14-12-19)18-9-5-16(2)6-10-18;1-15-6-3-8-17(12-15)19-10-5-11-20(14-19)18-9-4-7-16(2)13-18;1-15-8-3-5-12-19(15)17-10-7-11-18(14-17)20-13-6-4-9-16(20)2;1-15-5-3-7-19(13-15)17-9-11-18(12-10-17)20-8-4-6-16(2)14-20;1-15-7-3-5-9-19(15)17-11-13-18(14-12-17)20-10-6-4-8-16(20)2;1-15-6-10-17(11-7-15)19-4-3-5-20(14-19)18-12-8-16(2)9-13-18/h3-12H,1-2H3;6*3-14H,1-2H3. The van der Waals surface area contributed by atoms with E-state index in [4.69, 9.17) is 0 Å². The second kappa shape index (κ2) is 46.4. The Hall–Kier alpha value is -16.4. The molecule has 0 saturated heterocycles. The molecule has 22 aromatic carbocycles. The second-order valence-electron chi connectivity index (χ2n) is 37.3. The predicted molar refractivity (Wildman–Crippen MR) is 609 cm³/mol. The first kappa shape index (κ1) is 96.7. The molecule has 0 fully saturated rings. The van der Waals surface area contributed by atoms with E-state index in [1.54, 1.807) is 0 Å². The smallest absolute Gasteiger partial charge is 0.00963 e. The van der Waals surface area contributed by atoms with E-state index in [9.17, 15) is 0 Å². The van der Waals surface area contributed by atoms with Crippen molar-refractivity contribution in [1.82, 2.24) is 0 Å². The molecule has 0 heterocycles. The summed E-state index contributed by atoms with van der Waals surface area (Å²) in [6.07, 6.45) is 0. The van der Waals surface area contributed by atoms with Crippen LogP contribution in [0.2, 0.25) is 0 Å². The van der Waals surface area contributed by atoms with Gasteiger partial charge in [-0.15, -0.1) is 0 Å². The maximum Gasteiger partial charge on any atom is -0.00963 e. The molecular weight excluding hydrogens is 1680 g/mol. The molecule has 0 bridgehead atoms. The van der Waals surface area contributed by atoms with Crippen molar-refractivity contribution in [1.29, 1.82) is 0 Å². The van der Waals surface area contributed by atoms with Crippen molar-refractivity contribution in [3.63, 3.8) is 0 Å². The Morgan fingerprint density at radius 3 is 0.507 bits per heavy atom. The number of hydrogen-bond donors (Lipinski definition) is 0. The molecule has 0 aliphatic heterocycles. The van der Waals surface area contributed by atoms with Gasteiger partial charge in [-0.2, -0.15) is 0 Å². The molecule has 22 rings (SSSR count). The van der Waals surface area contributed by atoms with E-state index in [2.05, 4.69) is 594 Å². The van der Waals surface area contributed by atoms with Gasteiger partial charge in [-0.05, 0) is 303 Å².